The van der Waals surface area contributed by atoms with Crippen molar-refractivity contribution < 1.29 is 9.13 Å². The third-order valence-electron chi connectivity index (χ3n) is 2.02. The van der Waals surface area contributed by atoms with Crippen molar-refractivity contribution in [2.24, 2.45) is 0 Å². The zero-order valence-corrected chi connectivity index (χ0v) is 9.14. The van der Waals surface area contributed by atoms with Crippen LogP contribution in [0.5, 0.6) is 5.75 Å². The second-order valence-corrected chi connectivity index (χ2v) is 3.11. The lowest BCUT2D eigenvalue weighted by Crippen LogP contribution is -1.97. The lowest BCUT2D eigenvalue weighted by atomic mass is 10.1. The quantitative estimate of drug-likeness (QED) is 0.687. The molecule has 0 amide bonds. The molecule has 0 fully saturated rings. The van der Waals surface area contributed by atoms with Gasteiger partial charge in [0, 0.05) is 6.42 Å². The molecule has 0 heterocycles. The van der Waals surface area contributed by atoms with Gasteiger partial charge in [0.05, 0.1) is 6.61 Å². The van der Waals surface area contributed by atoms with Crippen molar-refractivity contribution in [1.82, 2.24) is 0 Å². The Morgan fingerprint density at radius 2 is 2.20 bits per heavy atom. The molecule has 0 radical (unpaired) electrons. The molecule has 2 heteroatoms. The van der Waals surface area contributed by atoms with Crippen LogP contribution < -0.4 is 4.74 Å². The molecule has 1 aromatic carbocycles. The Labute approximate surface area is 90.3 Å². The van der Waals surface area contributed by atoms with E-state index in [-0.39, 0.29) is 5.82 Å². The van der Waals surface area contributed by atoms with Crippen LogP contribution in [0.25, 0.3) is 0 Å². The third-order valence-corrected chi connectivity index (χ3v) is 2.02. The molecule has 0 unspecified atom stereocenters. The van der Waals surface area contributed by atoms with Crippen LogP contribution >= 0.6 is 0 Å². The van der Waals surface area contributed by atoms with E-state index in [0.717, 1.165) is 24.2 Å². The fraction of sp³-hybridized carbons (Fsp3) is 0.385. The Morgan fingerprint density at radius 1 is 1.40 bits per heavy atom. The fourth-order valence-electron chi connectivity index (χ4n) is 1.36. The summed E-state index contributed by atoms with van der Waals surface area (Å²) in [7, 11) is 0. The minimum Gasteiger partial charge on any atom is -0.494 e. The summed E-state index contributed by atoms with van der Waals surface area (Å²) < 4.78 is 18.4. The van der Waals surface area contributed by atoms with Gasteiger partial charge in [0.15, 0.2) is 0 Å². The van der Waals surface area contributed by atoms with Gasteiger partial charge in [0.2, 0.25) is 0 Å². The van der Waals surface area contributed by atoms with Gasteiger partial charge in [-0.2, -0.15) is 0 Å². The monoisotopic (exact) mass is 206 g/mol. The minimum atomic E-state index is -0.224. The van der Waals surface area contributed by atoms with Crippen LogP contribution in [-0.2, 0) is 6.42 Å². The SMILES string of the molecule is CC#CCCc1cc(F)ccc1OCC. The van der Waals surface area contributed by atoms with E-state index in [1.807, 2.05) is 6.92 Å². The summed E-state index contributed by atoms with van der Waals surface area (Å²) in [5, 5.41) is 0. The van der Waals surface area contributed by atoms with Gasteiger partial charge in [-0.25, -0.2) is 4.39 Å². The van der Waals surface area contributed by atoms with Crippen molar-refractivity contribution in [3.8, 4) is 17.6 Å². The van der Waals surface area contributed by atoms with E-state index in [0.29, 0.717) is 6.61 Å². The van der Waals surface area contributed by atoms with E-state index < -0.39 is 0 Å². The molecule has 0 saturated heterocycles. The summed E-state index contributed by atoms with van der Waals surface area (Å²) in [4.78, 5) is 0. The first-order valence-corrected chi connectivity index (χ1v) is 5.08. The summed E-state index contributed by atoms with van der Waals surface area (Å²) in [5.74, 6) is 6.31. The first-order chi connectivity index (χ1) is 7.27. The Balaban J connectivity index is 2.79. The third kappa shape index (κ3) is 3.63. The van der Waals surface area contributed by atoms with Gasteiger partial charge in [0.25, 0.3) is 0 Å². The van der Waals surface area contributed by atoms with Gasteiger partial charge in [-0.05, 0) is 44.0 Å². The summed E-state index contributed by atoms with van der Waals surface area (Å²) in [6, 6.07) is 4.61. The minimum absolute atomic E-state index is 0.224. The molecular formula is C13H15FO. The number of hydrogen-bond acceptors (Lipinski definition) is 1. The highest BCUT2D eigenvalue weighted by atomic mass is 19.1. The van der Waals surface area contributed by atoms with Crippen molar-refractivity contribution in [3.63, 3.8) is 0 Å². The van der Waals surface area contributed by atoms with Crippen molar-refractivity contribution in [2.75, 3.05) is 6.61 Å². The van der Waals surface area contributed by atoms with E-state index in [1.165, 1.54) is 12.1 Å². The lowest BCUT2D eigenvalue weighted by molar-refractivity contribution is 0.336. The topological polar surface area (TPSA) is 9.23 Å². The van der Waals surface area contributed by atoms with Gasteiger partial charge < -0.3 is 4.74 Å². The zero-order chi connectivity index (χ0) is 11.1. The smallest absolute Gasteiger partial charge is 0.123 e. The van der Waals surface area contributed by atoms with Crippen LogP contribution in [0, 0.1) is 17.7 Å². The molecule has 0 aliphatic carbocycles. The molecule has 0 saturated carbocycles. The molecular weight excluding hydrogens is 191 g/mol. The predicted octanol–water partition coefficient (Wildman–Crippen LogP) is 3.18. The first kappa shape index (κ1) is 11.6. The van der Waals surface area contributed by atoms with Crippen LogP contribution in [-0.4, -0.2) is 6.61 Å². The van der Waals surface area contributed by atoms with Crippen LogP contribution in [0.15, 0.2) is 18.2 Å². The molecule has 1 nitrogen and oxygen atoms in total. The molecule has 0 N–H and O–H groups in total. The van der Waals surface area contributed by atoms with Crippen molar-refractivity contribution >= 4 is 0 Å². The molecule has 0 aromatic heterocycles. The van der Waals surface area contributed by atoms with E-state index in [1.54, 1.807) is 13.0 Å². The highest BCUT2D eigenvalue weighted by Crippen LogP contribution is 2.21. The Hall–Kier alpha value is -1.49. The van der Waals surface area contributed by atoms with Gasteiger partial charge in [-0.3, -0.25) is 0 Å². The summed E-state index contributed by atoms with van der Waals surface area (Å²) in [6.07, 6.45) is 1.47. The number of benzene rings is 1. The maximum absolute atomic E-state index is 13.0. The van der Waals surface area contributed by atoms with E-state index >= 15 is 0 Å². The Bertz CT molecular complexity index is 374. The molecule has 15 heavy (non-hydrogen) atoms. The van der Waals surface area contributed by atoms with E-state index in [2.05, 4.69) is 11.8 Å². The van der Waals surface area contributed by atoms with Gasteiger partial charge in [0.1, 0.15) is 11.6 Å². The molecule has 1 rings (SSSR count). The standard InChI is InChI=1S/C13H15FO/c1-3-5-6-7-11-10-12(14)8-9-13(11)15-4-2/h8-10H,4,6-7H2,1-2H3. The summed E-state index contributed by atoms with van der Waals surface area (Å²) >= 11 is 0. The number of hydrogen-bond donors (Lipinski definition) is 0. The number of ether oxygens (including phenoxy) is 1. The van der Waals surface area contributed by atoms with Crippen LogP contribution in [0.1, 0.15) is 25.8 Å². The average Bonchev–Trinajstić information content (AvgIpc) is 2.22. The predicted molar refractivity (Wildman–Crippen MR) is 59.3 cm³/mol. The highest BCUT2D eigenvalue weighted by Gasteiger charge is 2.04. The second-order valence-electron chi connectivity index (χ2n) is 3.11. The number of rotatable bonds is 4. The summed E-state index contributed by atoms with van der Waals surface area (Å²) in [5.41, 5.74) is 0.889. The first-order valence-electron chi connectivity index (χ1n) is 5.08. The van der Waals surface area contributed by atoms with Gasteiger partial charge in [-0.1, -0.05) is 0 Å². The summed E-state index contributed by atoms with van der Waals surface area (Å²) in [6.45, 7) is 4.31. The van der Waals surface area contributed by atoms with Crippen molar-refractivity contribution in [1.29, 1.82) is 0 Å². The molecule has 1 aromatic rings. The van der Waals surface area contributed by atoms with Gasteiger partial charge >= 0.3 is 0 Å². The normalized spacial score (nSPS) is 9.27. The zero-order valence-electron chi connectivity index (χ0n) is 9.14. The molecule has 0 atom stereocenters. The van der Waals surface area contributed by atoms with Crippen molar-refractivity contribution in [3.05, 3.63) is 29.6 Å². The molecule has 0 aliphatic heterocycles. The number of halogens is 1. The highest BCUT2D eigenvalue weighted by molar-refractivity contribution is 5.34. The van der Waals surface area contributed by atoms with Crippen molar-refractivity contribution in [2.45, 2.75) is 26.7 Å². The number of aryl methyl sites for hydroxylation is 1. The molecule has 0 bridgehead atoms. The largest absolute Gasteiger partial charge is 0.494 e. The van der Waals surface area contributed by atoms with Gasteiger partial charge in [-0.15, -0.1) is 11.8 Å². The average molecular weight is 206 g/mol. The Kier molecular flexibility index (Phi) is 4.70. The maximum atomic E-state index is 13.0. The molecule has 0 aliphatic rings. The van der Waals surface area contributed by atoms with E-state index in [9.17, 15) is 4.39 Å². The second kappa shape index (κ2) is 6.08. The van der Waals surface area contributed by atoms with Crippen LogP contribution in [0.2, 0.25) is 0 Å². The van der Waals surface area contributed by atoms with Crippen LogP contribution in [0.4, 0.5) is 4.39 Å². The molecule has 80 valence electrons. The molecule has 0 spiro atoms. The lowest BCUT2D eigenvalue weighted by Gasteiger charge is -2.08. The van der Waals surface area contributed by atoms with E-state index in [4.69, 9.17) is 4.74 Å². The van der Waals surface area contributed by atoms with Crippen LogP contribution in [0.3, 0.4) is 0 Å². The Morgan fingerprint density at radius 3 is 2.87 bits per heavy atom. The fourth-order valence-corrected chi connectivity index (χ4v) is 1.36. The maximum Gasteiger partial charge on any atom is 0.123 e.